The summed E-state index contributed by atoms with van der Waals surface area (Å²) >= 11 is 1.44. The largest absolute Gasteiger partial charge is 0.314 e. The van der Waals surface area contributed by atoms with Gasteiger partial charge >= 0.3 is 0 Å². The minimum Gasteiger partial charge on any atom is -0.314 e. The fourth-order valence-electron chi connectivity index (χ4n) is 1.73. The van der Waals surface area contributed by atoms with Crippen LogP contribution in [0.15, 0.2) is 11.6 Å². The second-order valence-electron chi connectivity index (χ2n) is 3.79. The first-order valence-electron chi connectivity index (χ1n) is 5.42. The molecule has 1 aliphatic heterocycles. The van der Waals surface area contributed by atoms with Gasteiger partial charge in [0.2, 0.25) is 5.91 Å². The summed E-state index contributed by atoms with van der Waals surface area (Å²) in [5.74, 6) is 0.0249. The van der Waals surface area contributed by atoms with E-state index >= 15 is 0 Å². The molecule has 5 nitrogen and oxygen atoms in total. The van der Waals surface area contributed by atoms with Crippen molar-refractivity contribution in [2.24, 2.45) is 0 Å². The van der Waals surface area contributed by atoms with E-state index in [4.69, 9.17) is 0 Å². The highest BCUT2D eigenvalue weighted by Gasteiger charge is 2.22. The quantitative estimate of drug-likeness (QED) is 0.871. The van der Waals surface area contributed by atoms with Gasteiger partial charge in [0.25, 0.3) is 0 Å². The van der Waals surface area contributed by atoms with E-state index in [1.165, 1.54) is 11.3 Å². The highest BCUT2D eigenvalue weighted by Crippen LogP contribution is 2.12. The van der Waals surface area contributed by atoms with Gasteiger partial charge in [-0.1, -0.05) is 0 Å². The van der Waals surface area contributed by atoms with Crippen molar-refractivity contribution >= 4 is 59.6 Å². The van der Waals surface area contributed by atoms with E-state index in [1.807, 2.05) is 12.3 Å². The molecule has 112 valence electrons. The Labute approximate surface area is 135 Å². The number of thiazole rings is 1. The molecule has 2 heterocycles. The van der Waals surface area contributed by atoms with Crippen molar-refractivity contribution in [3.8, 4) is 0 Å². The van der Waals surface area contributed by atoms with Crippen molar-refractivity contribution in [1.29, 1.82) is 0 Å². The van der Waals surface area contributed by atoms with Gasteiger partial charge in [-0.2, -0.15) is 0 Å². The molecular formula is C10H19Cl3N4OS. The monoisotopic (exact) mass is 348 g/mol. The third-order valence-corrected chi connectivity index (χ3v) is 3.43. The van der Waals surface area contributed by atoms with Crippen LogP contribution in [0.3, 0.4) is 0 Å². The molecule has 0 bridgehead atoms. The van der Waals surface area contributed by atoms with Crippen LogP contribution in [-0.2, 0) is 4.79 Å². The predicted octanol–water partition coefficient (Wildman–Crippen LogP) is 1.64. The van der Waals surface area contributed by atoms with Crippen LogP contribution in [0.5, 0.6) is 0 Å². The maximum Gasteiger partial charge on any atom is 0.243 e. The molecule has 0 saturated carbocycles. The maximum absolute atomic E-state index is 11.9. The normalized spacial score (nSPS) is 16.3. The van der Waals surface area contributed by atoms with Crippen LogP contribution < -0.4 is 10.6 Å². The third-order valence-electron chi connectivity index (χ3n) is 2.74. The molecule has 0 aromatic carbocycles. The van der Waals surface area contributed by atoms with E-state index in [2.05, 4.69) is 20.5 Å². The SMILES string of the molecule is CC(C(=O)Nc1nccs1)N1CCNCC1.Cl.Cl.Cl. The average Bonchev–Trinajstić information content (AvgIpc) is 2.82. The number of carbonyl (C=O) groups excluding carboxylic acids is 1. The maximum atomic E-state index is 11.9. The zero-order chi connectivity index (χ0) is 11.4. The lowest BCUT2D eigenvalue weighted by Gasteiger charge is -2.31. The molecule has 9 heteroatoms. The average molecular weight is 350 g/mol. The summed E-state index contributed by atoms with van der Waals surface area (Å²) < 4.78 is 0. The predicted molar refractivity (Wildman–Crippen MR) is 86.4 cm³/mol. The van der Waals surface area contributed by atoms with Crippen molar-refractivity contribution in [2.75, 3.05) is 31.5 Å². The van der Waals surface area contributed by atoms with Crippen LogP contribution in [0.2, 0.25) is 0 Å². The molecule has 2 N–H and O–H groups in total. The number of hydrogen-bond acceptors (Lipinski definition) is 5. The Bertz CT molecular complexity index is 347. The smallest absolute Gasteiger partial charge is 0.243 e. The van der Waals surface area contributed by atoms with E-state index in [1.54, 1.807) is 6.20 Å². The number of hydrogen-bond donors (Lipinski definition) is 2. The highest BCUT2D eigenvalue weighted by molar-refractivity contribution is 7.13. The van der Waals surface area contributed by atoms with E-state index in [-0.39, 0.29) is 49.2 Å². The number of carbonyl (C=O) groups is 1. The number of amides is 1. The molecule has 1 saturated heterocycles. The lowest BCUT2D eigenvalue weighted by atomic mass is 10.2. The van der Waals surface area contributed by atoms with Gasteiger partial charge in [0.15, 0.2) is 5.13 Å². The topological polar surface area (TPSA) is 57.3 Å². The van der Waals surface area contributed by atoms with Gasteiger partial charge in [0.1, 0.15) is 0 Å². The van der Waals surface area contributed by atoms with Crippen LogP contribution in [0.4, 0.5) is 5.13 Å². The first-order chi connectivity index (χ1) is 7.77. The number of anilines is 1. The molecule has 1 amide bonds. The third kappa shape index (κ3) is 6.25. The van der Waals surface area contributed by atoms with Crippen LogP contribution in [0.25, 0.3) is 0 Å². The first-order valence-corrected chi connectivity index (χ1v) is 6.30. The number of rotatable bonds is 3. The second kappa shape index (κ2) is 10.7. The fourth-order valence-corrected chi connectivity index (χ4v) is 2.26. The minimum absolute atomic E-state index is 0. The van der Waals surface area contributed by atoms with Crippen molar-refractivity contribution in [3.63, 3.8) is 0 Å². The van der Waals surface area contributed by atoms with Gasteiger partial charge in [-0.3, -0.25) is 9.69 Å². The summed E-state index contributed by atoms with van der Waals surface area (Å²) in [7, 11) is 0. The molecule has 1 fully saturated rings. The Balaban J connectivity index is 0. The lowest BCUT2D eigenvalue weighted by molar-refractivity contribution is -0.120. The fraction of sp³-hybridized carbons (Fsp3) is 0.600. The molecule has 1 aromatic heterocycles. The highest BCUT2D eigenvalue weighted by atomic mass is 35.5. The molecule has 0 aliphatic carbocycles. The van der Waals surface area contributed by atoms with Crippen LogP contribution >= 0.6 is 48.6 Å². The van der Waals surface area contributed by atoms with Crippen molar-refractivity contribution < 1.29 is 4.79 Å². The minimum atomic E-state index is -0.0917. The number of halogens is 3. The van der Waals surface area contributed by atoms with E-state index in [0.717, 1.165) is 26.2 Å². The Morgan fingerprint density at radius 2 is 2.05 bits per heavy atom. The Hall–Kier alpha value is -0.110. The van der Waals surface area contributed by atoms with E-state index in [0.29, 0.717) is 5.13 Å². The van der Waals surface area contributed by atoms with Crippen LogP contribution in [0.1, 0.15) is 6.92 Å². The molecule has 19 heavy (non-hydrogen) atoms. The number of aromatic nitrogens is 1. The van der Waals surface area contributed by atoms with Gasteiger partial charge in [0.05, 0.1) is 6.04 Å². The molecule has 0 spiro atoms. The van der Waals surface area contributed by atoms with E-state index in [9.17, 15) is 4.79 Å². The lowest BCUT2D eigenvalue weighted by Crippen LogP contribution is -2.51. The molecular weight excluding hydrogens is 331 g/mol. The zero-order valence-electron chi connectivity index (χ0n) is 10.5. The zero-order valence-corrected chi connectivity index (χ0v) is 13.8. The first kappa shape index (κ1) is 21.2. The summed E-state index contributed by atoms with van der Waals surface area (Å²) in [4.78, 5) is 18.1. The van der Waals surface area contributed by atoms with Crippen molar-refractivity contribution in [1.82, 2.24) is 15.2 Å². The summed E-state index contributed by atoms with van der Waals surface area (Å²) in [5.41, 5.74) is 0. The molecule has 1 aliphatic rings. The molecule has 1 atom stereocenters. The number of nitrogens with zero attached hydrogens (tertiary/aromatic N) is 2. The van der Waals surface area contributed by atoms with Gasteiger partial charge in [-0.05, 0) is 6.92 Å². The second-order valence-corrected chi connectivity index (χ2v) is 4.68. The van der Waals surface area contributed by atoms with Gasteiger partial charge in [0, 0.05) is 37.8 Å². The Morgan fingerprint density at radius 3 is 2.58 bits per heavy atom. The van der Waals surface area contributed by atoms with Gasteiger partial charge in [-0.25, -0.2) is 4.98 Å². The summed E-state index contributed by atoms with van der Waals surface area (Å²) in [6, 6.07) is -0.0917. The van der Waals surface area contributed by atoms with Gasteiger partial charge in [-0.15, -0.1) is 48.6 Å². The van der Waals surface area contributed by atoms with Crippen molar-refractivity contribution in [3.05, 3.63) is 11.6 Å². The van der Waals surface area contributed by atoms with E-state index < -0.39 is 0 Å². The van der Waals surface area contributed by atoms with Crippen molar-refractivity contribution in [2.45, 2.75) is 13.0 Å². The Morgan fingerprint density at radius 1 is 1.42 bits per heavy atom. The Kier molecular flexibility index (Phi) is 11.9. The number of nitrogens with one attached hydrogen (secondary N) is 2. The molecule has 2 rings (SSSR count). The summed E-state index contributed by atoms with van der Waals surface area (Å²) in [6.07, 6.45) is 1.69. The summed E-state index contributed by atoms with van der Waals surface area (Å²) in [6.45, 7) is 5.69. The van der Waals surface area contributed by atoms with Gasteiger partial charge < -0.3 is 10.6 Å². The molecule has 1 unspecified atom stereocenters. The number of piperazine rings is 1. The van der Waals surface area contributed by atoms with Crippen LogP contribution in [-0.4, -0.2) is 48.0 Å². The van der Waals surface area contributed by atoms with Crippen LogP contribution in [0, 0.1) is 0 Å². The molecule has 0 radical (unpaired) electrons. The molecule has 1 aromatic rings. The summed E-state index contributed by atoms with van der Waals surface area (Å²) in [5, 5.41) is 8.62. The standard InChI is InChI=1S/C10H16N4OS.3ClH/c1-8(14-5-2-11-3-6-14)9(15)13-10-12-4-7-16-10;;;/h4,7-8,11H,2-3,5-6H2,1H3,(H,12,13,15);3*1H.